The van der Waals surface area contributed by atoms with Crippen molar-refractivity contribution in [3.05, 3.63) is 35.4 Å². The van der Waals surface area contributed by atoms with Crippen LogP contribution in [0.1, 0.15) is 43.4 Å². The lowest BCUT2D eigenvalue weighted by molar-refractivity contribution is 0.137. The quantitative estimate of drug-likeness (QED) is 0.836. The summed E-state index contributed by atoms with van der Waals surface area (Å²) in [5, 5.41) is 10.3. The summed E-state index contributed by atoms with van der Waals surface area (Å²) >= 11 is 0. The Morgan fingerprint density at radius 2 is 2.05 bits per heavy atom. The van der Waals surface area contributed by atoms with Gasteiger partial charge in [0.1, 0.15) is 0 Å². The molecule has 1 saturated heterocycles. The molecule has 0 bridgehead atoms. The number of rotatable bonds is 7. The van der Waals surface area contributed by atoms with E-state index in [9.17, 15) is 5.11 Å². The molecule has 2 unspecified atom stereocenters. The number of benzene rings is 1. The molecule has 2 rings (SSSR count). The molecule has 1 heterocycles. The third kappa shape index (κ3) is 4.80. The predicted molar refractivity (Wildman–Crippen MR) is 88.5 cm³/mol. The number of hydrogen-bond acceptors (Lipinski definition) is 3. The maximum atomic E-state index is 10.3. The van der Waals surface area contributed by atoms with Gasteiger partial charge < -0.3 is 10.0 Å². The molecule has 0 amide bonds. The van der Waals surface area contributed by atoms with Crippen LogP contribution in [-0.4, -0.2) is 54.2 Å². The SMILES string of the molecule is CCN1CCCC1CN(C)CCC(O)c1ccc(C)cc1. The van der Waals surface area contributed by atoms with Crippen molar-refractivity contribution in [1.29, 1.82) is 0 Å². The summed E-state index contributed by atoms with van der Waals surface area (Å²) in [4.78, 5) is 4.95. The van der Waals surface area contributed by atoms with Crippen LogP contribution in [0.4, 0.5) is 0 Å². The van der Waals surface area contributed by atoms with Gasteiger partial charge in [0.2, 0.25) is 0 Å². The van der Waals surface area contributed by atoms with Gasteiger partial charge in [-0.25, -0.2) is 0 Å². The van der Waals surface area contributed by atoms with E-state index in [1.54, 1.807) is 0 Å². The molecule has 118 valence electrons. The number of aryl methyl sites for hydroxylation is 1. The topological polar surface area (TPSA) is 26.7 Å². The Labute approximate surface area is 129 Å². The van der Waals surface area contributed by atoms with Crippen LogP contribution in [0.5, 0.6) is 0 Å². The molecule has 1 N–H and O–H groups in total. The van der Waals surface area contributed by atoms with Crippen molar-refractivity contribution in [2.45, 2.75) is 45.3 Å². The van der Waals surface area contributed by atoms with Crippen molar-refractivity contribution < 1.29 is 5.11 Å². The predicted octanol–water partition coefficient (Wildman–Crippen LogP) is 2.83. The van der Waals surface area contributed by atoms with Gasteiger partial charge in [-0.15, -0.1) is 0 Å². The number of aliphatic hydroxyl groups excluding tert-OH is 1. The van der Waals surface area contributed by atoms with Gasteiger partial charge in [0.25, 0.3) is 0 Å². The third-order valence-corrected chi connectivity index (χ3v) is 4.67. The first-order valence-corrected chi connectivity index (χ1v) is 8.27. The Morgan fingerprint density at radius 1 is 1.33 bits per heavy atom. The fourth-order valence-corrected chi connectivity index (χ4v) is 3.27. The van der Waals surface area contributed by atoms with Crippen molar-refractivity contribution in [1.82, 2.24) is 9.80 Å². The lowest BCUT2D eigenvalue weighted by Crippen LogP contribution is -2.39. The van der Waals surface area contributed by atoms with E-state index in [1.807, 2.05) is 12.1 Å². The van der Waals surface area contributed by atoms with E-state index in [2.05, 4.69) is 42.8 Å². The van der Waals surface area contributed by atoms with Crippen LogP contribution in [0, 0.1) is 6.92 Å². The summed E-state index contributed by atoms with van der Waals surface area (Å²) in [7, 11) is 2.17. The van der Waals surface area contributed by atoms with Crippen molar-refractivity contribution in [2.75, 3.05) is 33.2 Å². The van der Waals surface area contributed by atoms with Crippen LogP contribution in [0.3, 0.4) is 0 Å². The molecule has 2 atom stereocenters. The largest absolute Gasteiger partial charge is 0.388 e. The Hall–Kier alpha value is -0.900. The number of hydrogen-bond donors (Lipinski definition) is 1. The minimum atomic E-state index is -0.348. The van der Waals surface area contributed by atoms with Crippen LogP contribution in [-0.2, 0) is 0 Å². The molecule has 0 radical (unpaired) electrons. The standard InChI is InChI=1S/C18H30N2O/c1-4-20-12-5-6-17(20)14-19(3)13-11-18(21)16-9-7-15(2)8-10-16/h7-10,17-18,21H,4-6,11-14H2,1-3H3. The van der Waals surface area contributed by atoms with E-state index in [-0.39, 0.29) is 6.10 Å². The molecule has 1 aromatic carbocycles. The summed E-state index contributed by atoms with van der Waals surface area (Å²) in [5.74, 6) is 0. The molecule has 0 saturated carbocycles. The van der Waals surface area contributed by atoms with E-state index in [0.717, 1.165) is 31.6 Å². The second-order valence-electron chi connectivity index (χ2n) is 6.40. The molecule has 0 aromatic heterocycles. The molecule has 1 fully saturated rings. The highest BCUT2D eigenvalue weighted by molar-refractivity contribution is 5.22. The zero-order chi connectivity index (χ0) is 15.2. The summed E-state index contributed by atoms with van der Waals surface area (Å²) in [6.07, 6.45) is 3.11. The fraction of sp³-hybridized carbons (Fsp3) is 0.667. The highest BCUT2D eigenvalue weighted by atomic mass is 16.3. The van der Waals surface area contributed by atoms with E-state index >= 15 is 0 Å². The number of aliphatic hydroxyl groups is 1. The summed E-state index contributed by atoms with van der Waals surface area (Å²) in [5.41, 5.74) is 2.27. The Morgan fingerprint density at radius 3 is 2.71 bits per heavy atom. The average molecular weight is 290 g/mol. The Kier molecular flexibility index (Phi) is 6.22. The molecule has 1 aliphatic heterocycles. The van der Waals surface area contributed by atoms with Crippen LogP contribution in [0.25, 0.3) is 0 Å². The van der Waals surface area contributed by atoms with Gasteiger partial charge in [-0.3, -0.25) is 4.90 Å². The molecule has 21 heavy (non-hydrogen) atoms. The molecule has 3 nitrogen and oxygen atoms in total. The Balaban J connectivity index is 1.75. The molecule has 3 heteroatoms. The number of likely N-dealkylation sites (N-methyl/N-ethyl adjacent to an activating group) is 2. The zero-order valence-corrected chi connectivity index (χ0v) is 13.8. The normalized spacial score (nSPS) is 21.1. The first kappa shape index (κ1) is 16.5. The fourth-order valence-electron chi connectivity index (χ4n) is 3.27. The van der Waals surface area contributed by atoms with Gasteiger partial charge in [0.05, 0.1) is 6.10 Å². The second kappa shape index (κ2) is 7.92. The first-order valence-electron chi connectivity index (χ1n) is 8.27. The summed E-state index contributed by atoms with van der Waals surface area (Å²) in [6.45, 7) is 8.80. The lowest BCUT2D eigenvalue weighted by atomic mass is 10.0. The van der Waals surface area contributed by atoms with Crippen LogP contribution in [0.15, 0.2) is 24.3 Å². The minimum Gasteiger partial charge on any atom is -0.388 e. The maximum Gasteiger partial charge on any atom is 0.0802 e. The van der Waals surface area contributed by atoms with Gasteiger partial charge in [0, 0.05) is 19.1 Å². The van der Waals surface area contributed by atoms with E-state index in [1.165, 1.54) is 24.9 Å². The monoisotopic (exact) mass is 290 g/mol. The summed E-state index contributed by atoms with van der Waals surface area (Å²) in [6, 6.07) is 8.92. The molecule has 0 spiro atoms. The van der Waals surface area contributed by atoms with Crippen molar-refractivity contribution in [2.24, 2.45) is 0 Å². The number of nitrogens with zero attached hydrogens (tertiary/aromatic N) is 2. The lowest BCUT2D eigenvalue weighted by Gasteiger charge is -2.28. The highest BCUT2D eigenvalue weighted by Crippen LogP contribution is 2.19. The van der Waals surface area contributed by atoms with Crippen molar-refractivity contribution in [3.63, 3.8) is 0 Å². The van der Waals surface area contributed by atoms with Crippen LogP contribution >= 0.6 is 0 Å². The number of likely N-dealkylation sites (tertiary alicyclic amines) is 1. The van der Waals surface area contributed by atoms with E-state index < -0.39 is 0 Å². The van der Waals surface area contributed by atoms with Gasteiger partial charge in [-0.1, -0.05) is 36.8 Å². The van der Waals surface area contributed by atoms with Gasteiger partial charge >= 0.3 is 0 Å². The van der Waals surface area contributed by atoms with Crippen molar-refractivity contribution in [3.8, 4) is 0 Å². The molecular formula is C18H30N2O. The van der Waals surface area contributed by atoms with Crippen LogP contribution in [0.2, 0.25) is 0 Å². The smallest absolute Gasteiger partial charge is 0.0802 e. The molecular weight excluding hydrogens is 260 g/mol. The zero-order valence-electron chi connectivity index (χ0n) is 13.8. The Bertz CT molecular complexity index is 418. The molecule has 1 aromatic rings. The van der Waals surface area contributed by atoms with Gasteiger partial charge in [-0.05, 0) is 51.9 Å². The maximum absolute atomic E-state index is 10.3. The van der Waals surface area contributed by atoms with Gasteiger partial charge in [0.15, 0.2) is 0 Å². The highest BCUT2D eigenvalue weighted by Gasteiger charge is 2.24. The first-order chi connectivity index (χ1) is 10.1. The van der Waals surface area contributed by atoms with E-state index in [0.29, 0.717) is 6.04 Å². The third-order valence-electron chi connectivity index (χ3n) is 4.67. The summed E-state index contributed by atoms with van der Waals surface area (Å²) < 4.78 is 0. The van der Waals surface area contributed by atoms with E-state index in [4.69, 9.17) is 0 Å². The van der Waals surface area contributed by atoms with Crippen molar-refractivity contribution >= 4 is 0 Å². The average Bonchev–Trinajstić information content (AvgIpc) is 2.92. The molecule has 1 aliphatic rings. The van der Waals surface area contributed by atoms with Gasteiger partial charge in [-0.2, -0.15) is 0 Å². The second-order valence-corrected chi connectivity index (χ2v) is 6.40. The minimum absolute atomic E-state index is 0.348. The molecule has 0 aliphatic carbocycles. The van der Waals surface area contributed by atoms with Crippen LogP contribution < -0.4 is 0 Å².